The van der Waals surface area contributed by atoms with Crippen molar-refractivity contribution in [3.8, 4) is 11.4 Å². The minimum absolute atomic E-state index is 0.0132. The van der Waals surface area contributed by atoms with Crippen LogP contribution in [0.2, 0.25) is 5.02 Å². The molecule has 2 heterocycles. The van der Waals surface area contributed by atoms with E-state index in [1.165, 1.54) is 12.4 Å². The average molecular weight is 433 g/mol. The normalized spacial score (nSPS) is 15.7. The number of aliphatic imine (C=N–C) groups is 1. The van der Waals surface area contributed by atoms with Crippen LogP contribution >= 0.6 is 11.6 Å². The minimum Gasteiger partial charge on any atom is -0.444 e. The number of hydrogen-bond acceptors (Lipinski definition) is 7. The molecule has 2 aromatic rings. The molecule has 1 unspecified atom stereocenters. The molecule has 0 bridgehead atoms. The van der Waals surface area contributed by atoms with Crippen molar-refractivity contribution in [3.63, 3.8) is 0 Å². The van der Waals surface area contributed by atoms with Crippen molar-refractivity contribution in [3.05, 3.63) is 47.0 Å². The smallest absolute Gasteiger partial charge is 0.407 e. The number of amides is 1. The van der Waals surface area contributed by atoms with Crippen molar-refractivity contribution in [2.24, 2.45) is 4.99 Å². The number of ether oxygens (including phenoxy) is 1. The number of halogens is 2. The van der Waals surface area contributed by atoms with Gasteiger partial charge < -0.3 is 15.4 Å². The Bertz CT molecular complexity index is 1020. The summed E-state index contributed by atoms with van der Waals surface area (Å²) in [6.07, 6.45) is 4.40. The summed E-state index contributed by atoms with van der Waals surface area (Å²) >= 11 is 6.18. The Morgan fingerprint density at radius 2 is 2.07 bits per heavy atom. The largest absolute Gasteiger partial charge is 0.444 e. The summed E-state index contributed by atoms with van der Waals surface area (Å²) < 4.78 is 20.1. The van der Waals surface area contributed by atoms with E-state index in [2.05, 4.69) is 30.6 Å². The van der Waals surface area contributed by atoms with Gasteiger partial charge in [0.25, 0.3) is 0 Å². The summed E-state index contributed by atoms with van der Waals surface area (Å²) in [6, 6.07) is 3.18. The number of rotatable bonds is 4. The lowest BCUT2D eigenvalue weighted by atomic mass is 10.1. The first-order valence-corrected chi connectivity index (χ1v) is 9.66. The maximum absolute atomic E-state index is 14.9. The number of amidine groups is 1. The Morgan fingerprint density at radius 3 is 2.73 bits per heavy atom. The van der Waals surface area contributed by atoms with Crippen molar-refractivity contribution < 1.29 is 13.9 Å². The van der Waals surface area contributed by atoms with Gasteiger partial charge in [-0.1, -0.05) is 23.7 Å². The number of nitrogens with one attached hydrogen (secondary N) is 2. The highest BCUT2D eigenvalue weighted by Gasteiger charge is 2.19. The first-order chi connectivity index (χ1) is 14.1. The molecule has 1 aromatic heterocycles. The zero-order valence-electron chi connectivity index (χ0n) is 17.0. The lowest BCUT2D eigenvalue weighted by molar-refractivity contribution is 0.0523. The standard InChI is InChI=1S/C20H22ClFN6O2/c1-11-5-8-14(26-11)27-18-25-10-24-17(28-18)13-7-6-12(15(21)16(13)22)9-23-19(29)30-20(2,3)4/h5-8,10-11H,9H2,1-4H3,(H,23,29)(H,24,25,26,27,28). The lowest BCUT2D eigenvalue weighted by Crippen LogP contribution is -2.32. The predicted molar refractivity (Wildman–Crippen MR) is 113 cm³/mol. The summed E-state index contributed by atoms with van der Waals surface area (Å²) in [4.78, 5) is 28.5. The van der Waals surface area contributed by atoms with Gasteiger partial charge >= 0.3 is 6.09 Å². The second kappa shape index (κ2) is 8.74. The molecule has 8 nitrogen and oxygen atoms in total. The number of alkyl carbamates (subject to hydrolysis) is 1. The molecule has 0 saturated heterocycles. The summed E-state index contributed by atoms with van der Waals surface area (Å²) in [7, 11) is 0. The van der Waals surface area contributed by atoms with E-state index in [1.54, 1.807) is 26.8 Å². The Labute approximate surface area is 178 Å². The monoisotopic (exact) mass is 432 g/mol. The number of nitrogens with zero attached hydrogens (tertiary/aromatic N) is 4. The molecule has 30 heavy (non-hydrogen) atoms. The Balaban J connectivity index is 1.75. The van der Waals surface area contributed by atoms with Gasteiger partial charge in [-0.15, -0.1) is 0 Å². The van der Waals surface area contributed by atoms with E-state index in [4.69, 9.17) is 16.3 Å². The van der Waals surface area contributed by atoms with Gasteiger partial charge in [-0.05, 0) is 45.4 Å². The van der Waals surface area contributed by atoms with Crippen LogP contribution in [0.1, 0.15) is 33.3 Å². The quantitative estimate of drug-likeness (QED) is 0.753. The van der Waals surface area contributed by atoms with Crippen molar-refractivity contribution in [1.29, 1.82) is 0 Å². The predicted octanol–water partition coefficient (Wildman–Crippen LogP) is 4.12. The lowest BCUT2D eigenvalue weighted by Gasteiger charge is -2.20. The maximum Gasteiger partial charge on any atom is 0.407 e. The Kier molecular flexibility index (Phi) is 6.31. The fourth-order valence-corrected chi connectivity index (χ4v) is 2.82. The highest BCUT2D eigenvalue weighted by molar-refractivity contribution is 6.31. The number of carbonyl (C=O) groups excluding carboxylic acids is 1. The molecule has 2 N–H and O–H groups in total. The van der Waals surface area contributed by atoms with Gasteiger partial charge in [-0.2, -0.15) is 4.98 Å². The minimum atomic E-state index is -0.691. The first-order valence-electron chi connectivity index (χ1n) is 9.28. The van der Waals surface area contributed by atoms with E-state index in [-0.39, 0.29) is 34.9 Å². The second-order valence-corrected chi connectivity index (χ2v) is 8.01. The Hall–Kier alpha value is -3.07. The van der Waals surface area contributed by atoms with Crippen LogP contribution in [0.25, 0.3) is 11.4 Å². The first kappa shape index (κ1) is 21.6. The van der Waals surface area contributed by atoms with Crippen molar-refractivity contribution in [2.75, 3.05) is 5.32 Å². The molecule has 0 fully saturated rings. The van der Waals surface area contributed by atoms with Crippen LogP contribution in [-0.2, 0) is 11.3 Å². The number of anilines is 1. The molecule has 0 aliphatic carbocycles. The van der Waals surface area contributed by atoms with Crippen molar-refractivity contribution in [2.45, 2.75) is 45.9 Å². The molecule has 1 aliphatic rings. The number of benzene rings is 1. The van der Waals surface area contributed by atoms with E-state index in [1.807, 2.05) is 19.1 Å². The highest BCUT2D eigenvalue weighted by atomic mass is 35.5. The molecule has 0 saturated carbocycles. The van der Waals surface area contributed by atoms with E-state index in [0.717, 1.165) is 0 Å². The zero-order valence-corrected chi connectivity index (χ0v) is 17.8. The van der Waals surface area contributed by atoms with Crippen LogP contribution in [-0.4, -0.2) is 38.5 Å². The van der Waals surface area contributed by atoms with Crippen LogP contribution in [0.15, 0.2) is 35.6 Å². The molecule has 1 aliphatic heterocycles. The number of hydrogen-bond donors (Lipinski definition) is 2. The molecule has 0 radical (unpaired) electrons. The highest BCUT2D eigenvalue weighted by Crippen LogP contribution is 2.29. The van der Waals surface area contributed by atoms with Gasteiger partial charge in [0.1, 0.15) is 17.8 Å². The third-order valence-corrected chi connectivity index (χ3v) is 4.32. The molecule has 0 spiro atoms. The molecule has 3 rings (SSSR count). The molecule has 1 aromatic carbocycles. The molecule has 1 amide bonds. The van der Waals surface area contributed by atoms with Crippen LogP contribution in [0, 0.1) is 5.82 Å². The summed E-state index contributed by atoms with van der Waals surface area (Å²) in [5, 5.41) is 5.39. The molecule has 10 heteroatoms. The zero-order chi connectivity index (χ0) is 21.9. The summed E-state index contributed by atoms with van der Waals surface area (Å²) in [5.74, 6) is 0.281. The SMILES string of the molecule is CC1C=CC(Nc2ncnc(-c3ccc(CNC(=O)OC(C)(C)C)c(Cl)c3F)n2)=N1. The second-order valence-electron chi connectivity index (χ2n) is 7.63. The Morgan fingerprint density at radius 1 is 1.30 bits per heavy atom. The molecular weight excluding hydrogens is 411 g/mol. The maximum atomic E-state index is 14.9. The van der Waals surface area contributed by atoms with Crippen LogP contribution in [0.5, 0.6) is 0 Å². The topological polar surface area (TPSA) is 101 Å². The van der Waals surface area contributed by atoms with Gasteiger partial charge in [0.2, 0.25) is 5.95 Å². The number of carbonyl (C=O) groups is 1. The molecular formula is C20H22ClFN6O2. The fraction of sp³-hybridized carbons (Fsp3) is 0.350. The van der Waals surface area contributed by atoms with E-state index >= 15 is 0 Å². The van der Waals surface area contributed by atoms with E-state index in [9.17, 15) is 9.18 Å². The van der Waals surface area contributed by atoms with Crippen LogP contribution in [0.3, 0.4) is 0 Å². The van der Waals surface area contributed by atoms with Gasteiger partial charge in [-0.3, -0.25) is 4.99 Å². The van der Waals surface area contributed by atoms with Gasteiger partial charge in [0.15, 0.2) is 11.6 Å². The van der Waals surface area contributed by atoms with Crippen molar-refractivity contribution >= 4 is 29.5 Å². The average Bonchev–Trinajstić information content (AvgIpc) is 3.06. The van der Waals surface area contributed by atoms with Crippen molar-refractivity contribution in [1.82, 2.24) is 20.3 Å². The van der Waals surface area contributed by atoms with Crippen LogP contribution in [0.4, 0.5) is 15.1 Å². The molecule has 1 atom stereocenters. The van der Waals surface area contributed by atoms with Gasteiger partial charge in [0.05, 0.1) is 16.6 Å². The molecule has 158 valence electrons. The van der Waals surface area contributed by atoms with Gasteiger partial charge in [0, 0.05) is 6.54 Å². The number of aromatic nitrogens is 3. The van der Waals surface area contributed by atoms with E-state index in [0.29, 0.717) is 11.4 Å². The van der Waals surface area contributed by atoms with E-state index < -0.39 is 17.5 Å². The summed E-state index contributed by atoms with van der Waals surface area (Å²) in [5.41, 5.74) is -0.120. The summed E-state index contributed by atoms with van der Waals surface area (Å²) in [6.45, 7) is 7.21. The van der Waals surface area contributed by atoms with Gasteiger partial charge in [-0.25, -0.2) is 19.2 Å². The fourth-order valence-electron chi connectivity index (χ4n) is 2.59. The third-order valence-electron chi connectivity index (χ3n) is 3.91. The van der Waals surface area contributed by atoms with Crippen LogP contribution < -0.4 is 10.6 Å². The third kappa shape index (κ3) is 5.50.